The Labute approximate surface area is 77.6 Å². The maximum Gasteiger partial charge on any atom is 0.0843 e. The lowest BCUT2D eigenvalue weighted by molar-refractivity contribution is 0.281. The van der Waals surface area contributed by atoms with Crippen molar-refractivity contribution in [2.75, 3.05) is 6.54 Å². The molecule has 0 radical (unpaired) electrons. The van der Waals surface area contributed by atoms with Crippen LogP contribution in [0.5, 0.6) is 0 Å². The number of aliphatic hydroxyl groups is 1. The van der Waals surface area contributed by atoms with Gasteiger partial charge in [0.05, 0.1) is 19.2 Å². The number of rotatable bonds is 4. The minimum atomic E-state index is 0.0616. The summed E-state index contributed by atoms with van der Waals surface area (Å²) in [5.41, 5.74) is 1.98. The summed E-state index contributed by atoms with van der Waals surface area (Å²) in [6.45, 7) is 1.08. The molecule has 68 valence electrons. The summed E-state index contributed by atoms with van der Waals surface area (Å²) in [5.74, 6) is 0. The zero-order chi connectivity index (χ0) is 9.52. The first-order valence-electron chi connectivity index (χ1n) is 4.13. The molecule has 1 rings (SSSR count). The number of hydrogen-bond donors (Lipinski definition) is 2. The zero-order valence-corrected chi connectivity index (χ0v) is 7.33. The quantitative estimate of drug-likeness (QED) is 0.527. The molecule has 13 heavy (non-hydrogen) atoms. The largest absolute Gasteiger partial charge is 0.392 e. The molecular weight excluding hydrogens is 164 g/mol. The fraction of sp³-hybridized carbons (Fsp3) is 0.300. The van der Waals surface area contributed by atoms with Gasteiger partial charge in [0.2, 0.25) is 0 Å². The van der Waals surface area contributed by atoms with Crippen LogP contribution in [0.2, 0.25) is 0 Å². The van der Waals surface area contributed by atoms with Crippen LogP contribution in [0.3, 0.4) is 0 Å². The third kappa shape index (κ3) is 3.24. The van der Waals surface area contributed by atoms with E-state index in [0.717, 1.165) is 11.1 Å². The van der Waals surface area contributed by atoms with Crippen LogP contribution in [-0.2, 0) is 13.2 Å². The van der Waals surface area contributed by atoms with Gasteiger partial charge in [0, 0.05) is 6.54 Å². The second-order valence-corrected chi connectivity index (χ2v) is 2.74. The lowest BCUT2D eigenvalue weighted by atomic mass is 10.1. The average molecular weight is 176 g/mol. The second kappa shape index (κ2) is 5.31. The molecule has 0 aliphatic rings. The van der Waals surface area contributed by atoms with Gasteiger partial charge in [0.1, 0.15) is 0 Å². The van der Waals surface area contributed by atoms with Crippen LogP contribution < -0.4 is 5.32 Å². The lowest BCUT2D eigenvalue weighted by Gasteiger charge is -2.02. The second-order valence-electron chi connectivity index (χ2n) is 2.74. The molecule has 0 unspecified atom stereocenters. The van der Waals surface area contributed by atoms with E-state index in [1.54, 1.807) is 0 Å². The SMILES string of the molecule is N#CCNCc1cccc(CO)c1. The Morgan fingerprint density at radius 3 is 2.85 bits per heavy atom. The van der Waals surface area contributed by atoms with Crippen molar-refractivity contribution < 1.29 is 5.11 Å². The molecule has 1 aromatic carbocycles. The van der Waals surface area contributed by atoms with E-state index < -0.39 is 0 Å². The first kappa shape index (κ1) is 9.72. The van der Waals surface area contributed by atoms with Gasteiger partial charge in [-0.3, -0.25) is 0 Å². The van der Waals surface area contributed by atoms with E-state index in [-0.39, 0.29) is 6.61 Å². The molecule has 0 bridgehead atoms. The van der Waals surface area contributed by atoms with Gasteiger partial charge in [0.25, 0.3) is 0 Å². The maximum absolute atomic E-state index is 8.86. The molecule has 1 aromatic rings. The van der Waals surface area contributed by atoms with Crippen molar-refractivity contribution in [2.24, 2.45) is 0 Å². The molecule has 0 aromatic heterocycles. The van der Waals surface area contributed by atoms with Gasteiger partial charge in [-0.1, -0.05) is 24.3 Å². The summed E-state index contributed by atoms with van der Waals surface area (Å²) >= 11 is 0. The Morgan fingerprint density at radius 1 is 1.38 bits per heavy atom. The van der Waals surface area contributed by atoms with Crippen LogP contribution in [0.4, 0.5) is 0 Å². The molecule has 2 N–H and O–H groups in total. The van der Waals surface area contributed by atoms with Crippen LogP contribution in [0.1, 0.15) is 11.1 Å². The Kier molecular flexibility index (Phi) is 3.97. The molecule has 0 spiro atoms. The molecule has 0 atom stereocenters. The smallest absolute Gasteiger partial charge is 0.0843 e. The van der Waals surface area contributed by atoms with Crippen molar-refractivity contribution in [3.05, 3.63) is 35.4 Å². The minimum Gasteiger partial charge on any atom is -0.392 e. The minimum absolute atomic E-state index is 0.0616. The van der Waals surface area contributed by atoms with E-state index in [0.29, 0.717) is 13.1 Å². The number of hydrogen-bond acceptors (Lipinski definition) is 3. The summed E-state index contributed by atoms with van der Waals surface area (Å²) < 4.78 is 0. The fourth-order valence-corrected chi connectivity index (χ4v) is 1.10. The molecule has 3 nitrogen and oxygen atoms in total. The molecule has 0 heterocycles. The molecule has 0 aliphatic carbocycles. The van der Waals surface area contributed by atoms with Crippen molar-refractivity contribution in [3.63, 3.8) is 0 Å². The number of nitriles is 1. The first-order valence-corrected chi connectivity index (χ1v) is 4.13. The monoisotopic (exact) mass is 176 g/mol. The molecule has 0 fully saturated rings. The Bertz CT molecular complexity index is 304. The summed E-state index contributed by atoms with van der Waals surface area (Å²) in [7, 11) is 0. The zero-order valence-electron chi connectivity index (χ0n) is 7.33. The van der Waals surface area contributed by atoms with E-state index in [1.807, 2.05) is 30.3 Å². The van der Waals surface area contributed by atoms with Crippen LogP contribution in [0, 0.1) is 11.3 Å². The number of nitrogens with one attached hydrogen (secondary N) is 1. The van der Waals surface area contributed by atoms with Gasteiger partial charge < -0.3 is 10.4 Å². The average Bonchev–Trinajstić information content (AvgIpc) is 2.19. The van der Waals surface area contributed by atoms with Gasteiger partial charge in [-0.15, -0.1) is 0 Å². The molecule has 0 aliphatic heterocycles. The van der Waals surface area contributed by atoms with E-state index in [4.69, 9.17) is 10.4 Å². The predicted octanol–water partition coefficient (Wildman–Crippen LogP) is 0.792. The molecule has 0 saturated heterocycles. The van der Waals surface area contributed by atoms with Crippen LogP contribution in [0.15, 0.2) is 24.3 Å². The summed E-state index contributed by atoms with van der Waals surface area (Å²) in [4.78, 5) is 0. The van der Waals surface area contributed by atoms with Gasteiger partial charge in [-0.05, 0) is 11.1 Å². The van der Waals surface area contributed by atoms with Crippen molar-refractivity contribution in [1.82, 2.24) is 5.32 Å². The topological polar surface area (TPSA) is 56.0 Å². The van der Waals surface area contributed by atoms with E-state index in [2.05, 4.69) is 5.32 Å². The summed E-state index contributed by atoms with van der Waals surface area (Å²) in [6.07, 6.45) is 0. The third-order valence-electron chi connectivity index (χ3n) is 1.71. The molecular formula is C10H12N2O. The van der Waals surface area contributed by atoms with E-state index >= 15 is 0 Å². The number of aliphatic hydroxyl groups excluding tert-OH is 1. The predicted molar refractivity (Wildman–Crippen MR) is 49.7 cm³/mol. The molecule has 0 saturated carbocycles. The standard InChI is InChI=1S/C10H12N2O/c11-4-5-12-7-9-2-1-3-10(6-9)8-13/h1-3,6,12-13H,5,7-8H2. The summed E-state index contributed by atoms with van der Waals surface area (Å²) in [5, 5.41) is 20.1. The van der Waals surface area contributed by atoms with Gasteiger partial charge in [-0.25, -0.2) is 0 Å². The van der Waals surface area contributed by atoms with Crippen LogP contribution >= 0.6 is 0 Å². The lowest BCUT2D eigenvalue weighted by Crippen LogP contribution is -2.12. The van der Waals surface area contributed by atoms with E-state index in [1.165, 1.54) is 0 Å². The highest BCUT2D eigenvalue weighted by Crippen LogP contribution is 2.04. The Hall–Kier alpha value is -1.37. The summed E-state index contributed by atoms with van der Waals surface area (Å²) in [6, 6.07) is 9.66. The highest BCUT2D eigenvalue weighted by atomic mass is 16.3. The normalized spacial score (nSPS) is 9.54. The highest BCUT2D eigenvalue weighted by Gasteiger charge is 1.93. The van der Waals surface area contributed by atoms with E-state index in [9.17, 15) is 0 Å². The van der Waals surface area contributed by atoms with Gasteiger partial charge >= 0.3 is 0 Å². The highest BCUT2D eigenvalue weighted by molar-refractivity contribution is 5.22. The van der Waals surface area contributed by atoms with Crippen LogP contribution in [-0.4, -0.2) is 11.7 Å². The number of nitrogens with zero attached hydrogens (tertiary/aromatic N) is 1. The van der Waals surface area contributed by atoms with Crippen molar-refractivity contribution in [1.29, 1.82) is 5.26 Å². The van der Waals surface area contributed by atoms with Crippen molar-refractivity contribution >= 4 is 0 Å². The third-order valence-corrected chi connectivity index (χ3v) is 1.71. The Morgan fingerprint density at radius 2 is 2.15 bits per heavy atom. The van der Waals surface area contributed by atoms with Crippen molar-refractivity contribution in [3.8, 4) is 6.07 Å². The van der Waals surface area contributed by atoms with Crippen molar-refractivity contribution in [2.45, 2.75) is 13.2 Å². The van der Waals surface area contributed by atoms with Crippen LogP contribution in [0.25, 0.3) is 0 Å². The van der Waals surface area contributed by atoms with Gasteiger partial charge in [-0.2, -0.15) is 5.26 Å². The maximum atomic E-state index is 8.86. The molecule has 3 heteroatoms. The van der Waals surface area contributed by atoms with Gasteiger partial charge in [0.15, 0.2) is 0 Å². The first-order chi connectivity index (χ1) is 6.36. The Balaban J connectivity index is 2.52. The number of benzene rings is 1. The fourth-order valence-electron chi connectivity index (χ4n) is 1.10. The molecule has 0 amide bonds.